The third-order valence-corrected chi connectivity index (χ3v) is 3.25. The summed E-state index contributed by atoms with van der Waals surface area (Å²) in [5, 5.41) is 0. The monoisotopic (exact) mass is 284 g/mol. The molecule has 0 amide bonds. The molecule has 0 unspecified atom stereocenters. The molecule has 0 atom stereocenters. The van der Waals surface area contributed by atoms with Crippen LogP contribution in [0, 0.1) is 5.82 Å². The van der Waals surface area contributed by atoms with Crippen LogP contribution >= 0.6 is 11.6 Å². The second-order valence-electron chi connectivity index (χ2n) is 4.41. The predicted octanol–water partition coefficient (Wildman–Crippen LogP) is 3.73. The van der Waals surface area contributed by atoms with Gasteiger partial charge in [-0.25, -0.2) is 9.37 Å². The molecule has 0 saturated heterocycles. The number of aromatic nitrogens is 2. The molecule has 0 aliphatic rings. The van der Waals surface area contributed by atoms with Crippen LogP contribution in [0.25, 0.3) is 11.0 Å². The Morgan fingerprint density at radius 1 is 1.37 bits per heavy atom. The molecule has 3 nitrogen and oxygen atoms in total. The Kier molecular flexibility index (Phi) is 5.16. The van der Waals surface area contributed by atoms with Crippen molar-refractivity contribution in [2.24, 2.45) is 0 Å². The second-order valence-corrected chi connectivity index (χ2v) is 4.68. The summed E-state index contributed by atoms with van der Waals surface area (Å²) in [5.74, 6) is 0.800. The largest absolute Gasteiger partial charge is 0.380 e. The van der Waals surface area contributed by atoms with Crippen LogP contribution in [0.15, 0.2) is 18.2 Å². The Bertz CT molecular complexity index is 541. The van der Waals surface area contributed by atoms with E-state index in [1.54, 1.807) is 6.07 Å². The number of fused-ring (bicyclic) bond motifs is 1. The lowest BCUT2D eigenvalue weighted by Gasteiger charge is -2.08. The lowest BCUT2D eigenvalue weighted by molar-refractivity contribution is 0.124. The molecule has 1 heterocycles. The van der Waals surface area contributed by atoms with Gasteiger partial charge in [0.05, 0.1) is 23.5 Å². The minimum absolute atomic E-state index is 0.262. The third kappa shape index (κ3) is 3.45. The molecule has 0 aliphatic carbocycles. The van der Waals surface area contributed by atoms with Crippen molar-refractivity contribution < 1.29 is 9.13 Å². The van der Waals surface area contributed by atoms with Crippen LogP contribution in [0.3, 0.4) is 0 Å². The van der Waals surface area contributed by atoms with Crippen molar-refractivity contribution in [3.05, 3.63) is 29.8 Å². The van der Waals surface area contributed by atoms with E-state index < -0.39 is 0 Å². The fraction of sp³-hybridized carbons (Fsp3) is 0.500. The summed E-state index contributed by atoms with van der Waals surface area (Å²) >= 11 is 5.89. The van der Waals surface area contributed by atoms with Crippen LogP contribution in [0.2, 0.25) is 0 Å². The molecule has 5 heteroatoms. The molecule has 0 saturated carbocycles. The highest BCUT2D eigenvalue weighted by atomic mass is 35.5. The molecule has 19 heavy (non-hydrogen) atoms. The van der Waals surface area contributed by atoms with E-state index in [1.165, 1.54) is 12.1 Å². The Morgan fingerprint density at radius 2 is 2.21 bits per heavy atom. The second kappa shape index (κ2) is 6.87. The molecule has 1 aromatic heterocycles. The van der Waals surface area contributed by atoms with Gasteiger partial charge in [0.15, 0.2) is 0 Å². The highest BCUT2D eigenvalue weighted by molar-refractivity contribution is 6.16. The first-order valence-electron chi connectivity index (χ1n) is 6.54. The summed E-state index contributed by atoms with van der Waals surface area (Å²) in [5.41, 5.74) is 1.54. The maximum Gasteiger partial charge on any atom is 0.125 e. The molecule has 2 rings (SSSR count). The highest BCUT2D eigenvalue weighted by Gasteiger charge is 2.10. The van der Waals surface area contributed by atoms with Gasteiger partial charge in [-0.15, -0.1) is 11.6 Å². The number of unbranched alkanes of at least 4 members (excludes halogenated alkanes) is 1. The van der Waals surface area contributed by atoms with Crippen molar-refractivity contribution in [2.75, 3.05) is 13.2 Å². The quantitative estimate of drug-likeness (QED) is 0.572. The lowest BCUT2D eigenvalue weighted by atomic mass is 10.3. The van der Waals surface area contributed by atoms with Crippen molar-refractivity contribution >= 4 is 22.6 Å². The molecule has 0 N–H and O–H groups in total. The maximum absolute atomic E-state index is 13.3. The van der Waals surface area contributed by atoms with Crippen molar-refractivity contribution in [3.8, 4) is 0 Å². The van der Waals surface area contributed by atoms with Crippen molar-refractivity contribution in [1.82, 2.24) is 9.55 Å². The molecule has 0 radical (unpaired) electrons. The van der Waals surface area contributed by atoms with E-state index in [-0.39, 0.29) is 5.82 Å². The van der Waals surface area contributed by atoms with Gasteiger partial charge in [0.25, 0.3) is 0 Å². The molecule has 1 aromatic carbocycles. The number of ether oxygens (including phenoxy) is 1. The van der Waals surface area contributed by atoms with Gasteiger partial charge in [0.1, 0.15) is 11.6 Å². The van der Waals surface area contributed by atoms with E-state index in [2.05, 4.69) is 11.9 Å². The Hall–Kier alpha value is -1.13. The first-order valence-corrected chi connectivity index (χ1v) is 7.08. The summed E-state index contributed by atoms with van der Waals surface area (Å²) in [6, 6.07) is 4.58. The number of benzene rings is 1. The van der Waals surface area contributed by atoms with Crippen LogP contribution in [-0.4, -0.2) is 22.8 Å². The van der Waals surface area contributed by atoms with Gasteiger partial charge < -0.3 is 9.30 Å². The topological polar surface area (TPSA) is 27.1 Å². The summed E-state index contributed by atoms with van der Waals surface area (Å²) < 4.78 is 20.8. The van der Waals surface area contributed by atoms with Gasteiger partial charge in [-0.1, -0.05) is 13.3 Å². The van der Waals surface area contributed by atoms with Crippen LogP contribution in [-0.2, 0) is 17.2 Å². The zero-order valence-corrected chi connectivity index (χ0v) is 11.8. The SMILES string of the molecule is CCCCOCCn1c(CCl)nc2ccc(F)cc21. The fourth-order valence-electron chi connectivity index (χ4n) is 2.00. The average molecular weight is 285 g/mol. The number of imidazole rings is 1. The highest BCUT2D eigenvalue weighted by Crippen LogP contribution is 2.18. The first kappa shape index (κ1) is 14.3. The predicted molar refractivity (Wildman–Crippen MR) is 75.0 cm³/mol. The van der Waals surface area contributed by atoms with E-state index in [1.807, 2.05) is 4.57 Å². The molecule has 0 aliphatic heterocycles. The smallest absolute Gasteiger partial charge is 0.125 e. The number of hydrogen-bond acceptors (Lipinski definition) is 2. The van der Waals surface area contributed by atoms with Gasteiger partial charge in [0, 0.05) is 13.2 Å². The Balaban J connectivity index is 2.13. The standard InChI is InChI=1S/C14H18ClFN2O/c1-2-3-7-19-8-6-18-13-9-11(16)4-5-12(13)17-14(18)10-15/h4-5,9H,2-3,6-8,10H2,1H3. The molecular weight excluding hydrogens is 267 g/mol. The fourth-order valence-corrected chi connectivity index (χ4v) is 2.21. The Labute approximate surface area is 117 Å². The summed E-state index contributed by atoms with van der Waals surface area (Å²) in [6.07, 6.45) is 2.17. The number of nitrogens with zero attached hydrogens (tertiary/aromatic N) is 2. The van der Waals surface area contributed by atoms with Crippen LogP contribution < -0.4 is 0 Å². The van der Waals surface area contributed by atoms with Crippen molar-refractivity contribution in [1.29, 1.82) is 0 Å². The zero-order valence-electron chi connectivity index (χ0n) is 11.0. The van der Waals surface area contributed by atoms with E-state index in [0.717, 1.165) is 36.3 Å². The lowest BCUT2D eigenvalue weighted by Crippen LogP contribution is -2.09. The van der Waals surface area contributed by atoms with E-state index in [0.29, 0.717) is 19.0 Å². The molecule has 0 fully saturated rings. The van der Waals surface area contributed by atoms with Gasteiger partial charge >= 0.3 is 0 Å². The molecule has 0 bridgehead atoms. The minimum Gasteiger partial charge on any atom is -0.380 e. The van der Waals surface area contributed by atoms with Crippen LogP contribution in [0.4, 0.5) is 4.39 Å². The van der Waals surface area contributed by atoms with Gasteiger partial charge in [-0.2, -0.15) is 0 Å². The normalized spacial score (nSPS) is 11.3. The van der Waals surface area contributed by atoms with E-state index >= 15 is 0 Å². The molecule has 2 aromatic rings. The molecular formula is C14H18ClFN2O. The first-order chi connectivity index (χ1) is 9.26. The Morgan fingerprint density at radius 3 is 2.95 bits per heavy atom. The van der Waals surface area contributed by atoms with Crippen molar-refractivity contribution in [2.45, 2.75) is 32.2 Å². The van der Waals surface area contributed by atoms with Crippen LogP contribution in [0.1, 0.15) is 25.6 Å². The number of halogens is 2. The summed E-state index contributed by atoms with van der Waals surface area (Å²) in [7, 11) is 0. The van der Waals surface area contributed by atoms with E-state index in [9.17, 15) is 4.39 Å². The summed E-state index contributed by atoms with van der Waals surface area (Å²) in [4.78, 5) is 4.40. The third-order valence-electron chi connectivity index (χ3n) is 3.01. The zero-order chi connectivity index (χ0) is 13.7. The summed E-state index contributed by atoms with van der Waals surface area (Å²) in [6.45, 7) is 4.12. The molecule has 104 valence electrons. The van der Waals surface area contributed by atoms with Gasteiger partial charge in [-0.05, 0) is 24.6 Å². The number of rotatable bonds is 7. The maximum atomic E-state index is 13.3. The van der Waals surface area contributed by atoms with E-state index in [4.69, 9.17) is 16.3 Å². The van der Waals surface area contributed by atoms with Crippen molar-refractivity contribution in [3.63, 3.8) is 0 Å². The number of alkyl halides is 1. The van der Waals surface area contributed by atoms with Gasteiger partial charge in [-0.3, -0.25) is 0 Å². The minimum atomic E-state index is -0.262. The average Bonchev–Trinajstić information content (AvgIpc) is 2.76. The van der Waals surface area contributed by atoms with Crippen LogP contribution in [0.5, 0.6) is 0 Å². The molecule has 0 spiro atoms. The van der Waals surface area contributed by atoms with Gasteiger partial charge in [0.2, 0.25) is 0 Å². The number of hydrogen-bond donors (Lipinski definition) is 0.